The van der Waals surface area contributed by atoms with Crippen LogP contribution in [0.3, 0.4) is 0 Å². The molecule has 84 valence electrons. The highest BCUT2D eigenvalue weighted by molar-refractivity contribution is 7.17. The molecule has 0 amide bonds. The van der Waals surface area contributed by atoms with Crippen LogP contribution in [-0.4, -0.2) is 20.6 Å². The number of nitrogens with zero attached hydrogens (tertiary/aromatic N) is 2. The van der Waals surface area contributed by atoms with Crippen LogP contribution in [0.4, 0.5) is 0 Å². The van der Waals surface area contributed by atoms with Gasteiger partial charge in [-0.15, -0.1) is 11.3 Å². The van der Waals surface area contributed by atoms with Crippen molar-refractivity contribution in [3.8, 4) is 5.69 Å². The van der Waals surface area contributed by atoms with Crippen LogP contribution in [0.1, 0.15) is 10.5 Å². The predicted molar refractivity (Wildman–Crippen MR) is 65.9 cm³/mol. The summed E-state index contributed by atoms with van der Waals surface area (Å²) < 4.78 is 2.92. The van der Waals surface area contributed by atoms with Crippen molar-refractivity contribution in [2.45, 2.75) is 0 Å². The van der Waals surface area contributed by atoms with Crippen molar-refractivity contribution in [2.75, 3.05) is 0 Å². The van der Waals surface area contributed by atoms with Gasteiger partial charge in [-0.25, -0.2) is 9.78 Å². The van der Waals surface area contributed by atoms with Crippen LogP contribution in [-0.2, 0) is 0 Å². The Morgan fingerprint density at radius 3 is 3.00 bits per heavy atom. The Morgan fingerprint density at radius 1 is 1.35 bits per heavy atom. The zero-order valence-electron chi connectivity index (χ0n) is 8.70. The number of carboxylic acids is 1. The third-order valence-corrected chi connectivity index (χ3v) is 3.43. The third-order valence-electron chi connectivity index (χ3n) is 2.54. The van der Waals surface area contributed by atoms with Gasteiger partial charge in [0.25, 0.3) is 0 Å². The van der Waals surface area contributed by atoms with Gasteiger partial charge in [-0.1, -0.05) is 0 Å². The van der Waals surface area contributed by atoms with Crippen LogP contribution in [0.15, 0.2) is 42.2 Å². The van der Waals surface area contributed by atoms with Crippen molar-refractivity contribution in [3.05, 3.63) is 47.9 Å². The Bertz CT molecular complexity index is 699. The monoisotopic (exact) mass is 244 g/mol. The summed E-state index contributed by atoms with van der Waals surface area (Å²) in [7, 11) is 0. The molecule has 3 rings (SSSR count). The second-order valence-electron chi connectivity index (χ2n) is 3.61. The van der Waals surface area contributed by atoms with Gasteiger partial charge in [0.05, 0.1) is 0 Å². The second kappa shape index (κ2) is 3.71. The van der Waals surface area contributed by atoms with E-state index >= 15 is 0 Å². The van der Waals surface area contributed by atoms with Crippen molar-refractivity contribution in [1.29, 1.82) is 0 Å². The summed E-state index contributed by atoms with van der Waals surface area (Å²) in [5.41, 5.74) is 0.964. The van der Waals surface area contributed by atoms with Gasteiger partial charge >= 0.3 is 5.97 Å². The van der Waals surface area contributed by atoms with Gasteiger partial charge in [-0.3, -0.25) is 0 Å². The lowest BCUT2D eigenvalue weighted by Crippen LogP contribution is -1.95. The molecular weight excluding hydrogens is 236 g/mol. The predicted octanol–water partition coefficient (Wildman–Crippen LogP) is 2.79. The van der Waals surface area contributed by atoms with E-state index in [4.69, 9.17) is 5.11 Å². The van der Waals surface area contributed by atoms with Crippen molar-refractivity contribution < 1.29 is 9.90 Å². The number of benzene rings is 1. The molecule has 2 aromatic heterocycles. The minimum atomic E-state index is -1.01. The Balaban J connectivity index is 2.09. The fourth-order valence-electron chi connectivity index (χ4n) is 1.69. The molecule has 0 saturated heterocycles. The number of imidazole rings is 1. The molecule has 4 nitrogen and oxygen atoms in total. The molecule has 1 N–H and O–H groups in total. The molecule has 0 atom stereocenters. The first-order valence-electron chi connectivity index (χ1n) is 4.99. The minimum Gasteiger partial charge on any atom is -0.476 e. The molecule has 2 heterocycles. The average molecular weight is 244 g/mol. The maximum Gasteiger partial charge on any atom is 0.356 e. The summed E-state index contributed by atoms with van der Waals surface area (Å²) in [4.78, 5) is 14.6. The number of aromatic nitrogens is 2. The van der Waals surface area contributed by atoms with Crippen LogP contribution in [0.5, 0.6) is 0 Å². The number of aromatic carboxylic acids is 1. The molecule has 0 aliphatic heterocycles. The molecule has 0 fully saturated rings. The smallest absolute Gasteiger partial charge is 0.356 e. The van der Waals surface area contributed by atoms with E-state index in [1.54, 1.807) is 15.9 Å². The Labute approximate surface area is 101 Å². The summed E-state index contributed by atoms with van der Waals surface area (Å²) in [6, 6.07) is 8.03. The molecule has 0 bridgehead atoms. The van der Waals surface area contributed by atoms with E-state index in [9.17, 15) is 4.79 Å². The summed E-state index contributed by atoms with van der Waals surface area (Å²) in [6.45, 7) is 0. The molecule has 17 heavy (non-hydrogen) atoms. The highest BCUT2D eigenvalue weighted by Crippen LogP contribution is 2.23. The number of rotatable bonds is 2. The van der Waals surface area contributed by atoms with Gasteiger partial charge in [-0.05, 0) is 35.0 Å². The highest BCUT2D eigenvalue weighted by Gasteiger charge is 2.07. The van der Waals surface area contributed by atoms with Crippen molar-refractivity contribution in [2.24, 2.45) is 0 Å². The summed E-state index contributed by atoms with van der Waals surface area (Å²) >= 11 is 1.68. The van der Waals surface area contributed by atoms with Gasteiger partial charge in [0.15, 0.2) is 5.69 Å². The van der Waals surface area contributed by atoms with Gasteiger partial charge in [-0.2, -0.15) is 0 Å². The Hall–Kier alpha value is -2.14. The standard InChI is InChI=1S/C12H8N2O2S/c15-12(16)10-6-14(7-13-10)9-1-2-11-8(5-9)3-4-17-11/h1-7H,(H,15,16). The molecule has 1 aromatic carbocycles. The number of hydrogen-bond acceptors (Lipinski definition) is 3. The fourth-order valence-corrected chi connectivity index (χ4v) is 2.46. The summed E-state index contributed by atoms with van der Waals surface area (Å²) in [5.74, 6) is -1.01. The number of fused-ring (bicyclic) bond motifs is 1. The van der Waals surface area contributed by atoms with Gasteiger partial charge in [0.2, 0.25) is 0 Å². The number of carbonyl (C=O) groups is 1. The van der Waals surface area contributed by atoms with E-state index < -0.39 is 5.97 Å². The van der Waals surface area contributed by atoms with Gasteiger partial charge in [0, 0.05) is 16.6 Å². The van der Waals surface area contributed by atoms with E-state index in [2.05, 4.69) is 4.98 Å². The lowest BCUT2D eigenvalue weighted by Gasteiger charge is -2.01. The first-order chi connectivity index (χ1) is 8.24. The quantitative estimate of drug-likeness (QED) is 0.754. The fraction of sp³-hybridized carbons (Fsp3) is 0. The molecule has 5 heteroatoms. The van der Waals surface area contributed by atoms with E-state index in [1.807, 2.05) is 29.6 Å². The van der Waals surface area contributed by atoms with Crippen LogP contribution in [0.2, 0.25) is 0 Å². The Morgan fingerprint density at radius 2 is 2.24 bits per heavy atom. The third kappa shape index (κ3) is 1.70. The topological polar surface area (TPSA) is 55.1 Å². The maximum atomic E-state index is 10.7. The van der Waals surface area contributed by atoms with E-state index in [0.29, 0.717) is 0 Å². The zero-order chi connectivity index (χ0) is 11.8. The van der Waals surface area contributed by atoms with E-state index in [1.165, 1.54) is 17.2 Å². The second-order valence-corrected chi connectivity index (χ2v) is 4.56. The van der Waals surface area contributed by atoms with E-state index in [-0.39, 0.29) is 5.69 Å². The molecule has 0 spiro atoms. The lowest BCUT2D eigenvalue weighted by molar-refractivity contribution is 0.0691. The van der Waals surface area contributed by atoms with Gasteiger partial charge in [0.1, 0.15) is 6.33 Å². The maximum absolute atomic E-state index is 10.7. The normalized spacial score (nSPS) is 10.8. The zero-order valence-corrected chi connectivity index (χ0v) is 9.52. The van der Waals surface area contributed by atoms with Crippen molar-refractivity contribution in [1.82, 2.24) is 9.55 Å². The van der Waals surface area contributed by atoms with Crippen LogP contribution in [0.25, 0.3) is 15.8 Å². The van der Waals surface area contributed by atoms with Crippen molar-refractivity contribution >= 4 is 27.4 Å². The lowest BCUT2D eigenvalue weighted by atomic mass is 10.2. The minimum absolute atomic E-state index is 0.0513. The summed E-state index contributed by atoms with van der Waals surface area (Å²) in [6.07, 6.45) is 3.02. The van der Waals surface area contributed by atoms with Crippen LogP contribution in [0, 0.1) is 0 Å². The summed E-state index contributed by atoms with van der Waals surface area (Å²) in [5, 5.41) is 12.0. The van der Waals surface area contributed by atoms with Gasteiger partial charge < -0.3 is 9.67 Å². The Kier molecular flexibility index (Phi) is 2.19. The first-order valence-corrected chi connectivity index (χ1v) is 5.87. The molecule has 0 aliphatic carbocycles. The number of thiophene rings is 1. The van der Waals surface area contributed by atoms with Crippen LogP contribution >= 0.6 is 11.3 Å². The first kappa shape index (κ1) is 10.0. The highest BCUT2D eigenvalue weighted by atomic mass is 32.1. The van der Waals surface area contributed by atoms with Crippen LogP contribution < -0.4 is 0 Å². The molecule has 3 aromatic rings. The van der Waals surface area contributed by atoms with E-state index in [0.717, 1.165) is 11.1 Å². The van der Waals surface area contributed by atoms with Crippen molar-refractivity contribution in [3.63, 3.8) is 0 Å². The molecule has 0 unspecified atom stereocenters. The molecule has 0 radical (unpaired) electrons. The molecule has 0 aliphatic rings. The average Bonchev–Trinajstić information content (AvgIpc) is 2.97. The number of hydrogen-bond donors (Lipinski definition) is 1. The largest absolute Gasteiger partial charge is 0.476 e. The number of carboxylic acid groups (broad SMARTS) is 1. The SMILES string of the molecule is O=C(O)c1cn(-c2ccc3sccc3c2)cn1. The molecular formula is C12H8N2O2S. The molecule has 0 saturated carbocycles.